The Morgan fingerprint density at radius 3 is 0.952 bits per heavy atom. The van der Waals surface area contributed by atoms with E-state index in [2.05, 4.69) is 267 Å². The van der Waals surface area contributed by atoms with Gasteiger partial charge in [-0.05, 0) is 87.2 Å². The minimum Gasteiger partial charge on any atom is -0.348 e. The second-order valence-corrected chi connectivity index (χ2v) is 24.3. The van der Waals surface area contributed by atoms with Crippen molar-refractivity contribution in [3.05, 3.63) is 254 Å². The van der Waals surface area contributed by atoms with Crippen molar-refractivity contribution < 1.29 is 0 Å². The van der Waals surface area contributed by atoms with Crippen molar-refractivity contribution in [1.82, 2.24) is 4.57 Å². The molecule has 1 nitrogen and oxygen atoms in total. The highest BCUT2D eigenvalue weighted by Gasteiger charge is 2.46. The monoisotopic (exact) mass is 837 g/mol. The number of hydrogen-bond donors (Lipinski definition) is 0. The smallest absolute Gasteiger partial charge is 0.182 e. The summed E-state index contributed by atoms with van der Waals surface area (Å²) in [5.74, 6) is 0. The van der Waals surface area contributed by atoms with Gasteiger partial charge in [-0.15, -0.1) is 0 Å². The predicted molar refractivity (Wildman–Crippen MR) is 275 cm³/mol. The molecule has 0 saturated carbocycles. The molecule has 0 fully saturated rings. The fourth-order valence-electron chi connectivity index (χ4n) is 11.0. The number of aromatic nitrogens is 1. The van der Waals surface area contributed by atoms with Crippen molar-refractivity contribution in [3.63, 3.8) is 0 Å². The molecule has 0 atom stereocenters. The zero-order chi connectivity index (χ0) is 42.4. The van der Waals surface area contributed by atoms with Crippen molar-refractivity contribution in [2.24, 2.45) is 7.05 Å². The first-order valence-corrected chi connectivity index (χ1v) is 26.0. The molecule has 11 rings (SSSR count). The average Bonchev–Trinajstić information content (AvgIpc) is 3.61. The van der Waals surface area contributed by atoms with Gasteiger partial charge in [0, 0.05) is 23.6 Å². The molecule has 0 spiro atoms. The molecule has 300 valence electrons. The first-order chi connectivity index (χ1) is 31.1. The van der Waals surface area contributed by atoms with Gasteiger partial charge in [0.05, 0.1) is 0 Å². The number of hydrogen-bond acceptors (Lipinski definition) is 0. The molecule has 1 aromatic heterocycles. The molecule has 0 unspecified atom stereocenters. The molecule has 3 heteroatoms. The van der Waals surface area contributed by atoms with Crippen LogP contribution in [-0.4, -0.2) is 20.7 Å². The minimum absolute atomic E-state index is 1.23. The van der Waals surface area contributed by atoms with Gasteiger partial charge < -0.3 is 4.57 Å². The number of rotatable bonds is 9. The third kappa shape index (κ3) is 5.95. The Kier molecular flexibility index (Phi) is 9.72. The van der Waals surface area contributed by atoms with Gasteiger partial charge in [0.15, 0.2) is 16.1 Å². The van der Waals surface area contributed by atoms with Crippen molar-refractivity contribution in [2.45, 2.75) is 6.92 Å². The van der Waals surface area contributed by atoms with Crippen molar-refractivity contribution >= 4 is 90.1 Å². The molecular formula is C60H47NSi2. The largest absolute Gasteiger partial charge is 0.348 e. The number of fused-ring (bicyclic) bond motifs is 3. The maximum atomic E-state index is 2.48. The summed E-state index contributed by atoms with van der Waals surface area (Å²) in [5, 5.41) is 17.7. The van der Waals surface area contributed by atoms with Crippen LogP contribution in [0.5, 0.6) is 0 Å². The van der Waals surface area contributed by atoms with E-state index in [0.717, 1.165) is 0 Å². The maximum absolute atomic E-state index is 2.93. The Bertz CT molecular complexity index is 3130. The Morgan fingerprint density at radius 1 is 0.302 bits per heavy atom. The zero-order valence-electron chi connectivity index (χ0n) is 35.6. The molecule has 63 heavy (non-hydrogen) atoms. The van der Waals surface area contributed by atoms with Crippen LogP contribution < -0.4 is 41.5 Å². The van der Waals surface area contributed by atoms with Crippen LogP contribution in [0, 0.1) is 6.92 Å². The molecule has 0 aliphatic carbocycles. The van der Waals surface area contributed by atoms with Gasteiger partial charge in [-0.3, -0.25) is 0 Å². The lowest BCUT2D eigenvalue weighted by atomic mass is 9.91. The van der Waals surface area contributed by atoms with Crippen LogP contribution in [0.1, 0.15) is 5.69 Å². The van der Waals surface area contributed by atoms with E-state index in [-0.39, 0.29) is 0 Å². The van der Waals surface area contributed by atoms with Gasteiger partial charge in [-0.2, -0.15) is 0 Å². The Balaban J connectivity index is 1.24. The van der Waals surface area contributed by atoms with E-state index in [4.69, 9.17) is 0 Å². The second-order valence-electron chi connectivity index (χ2n) is 16.8. The summed E-state index contributed by atoms with van der Waals surface area (Å²) < 4.78 is 2.46. The summed E-state index contributed by atoms with van der Waals surface area (Å²) in [6.07, 6.45) is 0. The highest BCUT2D eigenvalue weighted by atomic mass is 28.3. The molecule has 0 radical (unpaired) electrons. The average molecular weight is 838 g/mol. The Labute approximate surface area is 372 Å². The van der Waals surface area contributed by atoms with E-state index in [1.54, 1.807) is 0 Å². The van der Waals surface area contributed by atoms with E-state index in [1.165, 1.54) is 90.8 Å². The highest BCUT2D eigenvalue weighted by molar-refractivity contribution is 7.22. The second kappa shape index (κ2) is 15.9. The molecule has 0 N–H and O–H groups in total. The number of nitrogens with zero attached hydrogens (tertiary/aromatic N) is 1. The SMILES string of the molecule is Cc1c([Si](c2ccccc2)(c2ccccc2)c2ccccc2)c2ccc(-c3c4ccccc4c([Si](c4ccccc4)(c4ccccc4)c4ccccc4)c4ccccc34)cc2n1C. The van der Waals surface area contributed by atoms with Gasteiger partial charge in [0.2, 0.25) is 0 Å². The molecule has 0 amide bonds. The third-order valence-corrected chi connectivity index (χ3v) is 23.6. The summed E-state index contributed by atoms with van der Waals surface area (Å²) in [6.45, 7) is 2.34. The van der Waals surface area contributed by atoms with Gasteiger partial charge in [-0.1, -0.05) is 243 Å². The topological polar surface area (TPSA) is 4.93 Å². The predicted octanol–water partition coefficient (Wildman–Crippen LogP) is 9.21. The molecule has 1 heterocycles. The van der Waals surface area contributed by atoms with Crippen LogP contribution in [0.4, 0.5) is 0 Å². The molecule has 10 aromatic carbocycles. The molecule has 11 aromatic rings. The molecule has 0 aliphatic rings. The highest BCUT2D eigenvalue weighted by Crippen LogP contribution is 2.38. The molecule has 0 aliphatic heterocycles. The third-order valence-electron chi connectivity index (χ3n) is 13.7. The standard InChI is InChI=1S/C60H47NSi2/c1-44-59(62(46-25-9-3-10-26-46,47-27-11-4-12-28-47)48-29-13-5-14-30-48)56-42-41-45(43-57(56)61(44)2)58-52-37-21-23-39-54(52)60(55-40-24-22-38-53(55)58)63(49-31-15-6-16-32-49,50-33-17-7-18-34-50)51-35-19-8-20-36-51/h3-43H,1-2H3. The summed E-state index contributed by atoms with van der Waals surface area (Å²) in [7, 11) is -3.47. The Hall–Kier alpha value is -7.31. The van der Waals surface area contributed by atoms with E-state index in [1.807, 2.05) is 0 Å². The lowest BCUT2D eigenvalue weighted by Crippen LogP contribution is -2.75. The maximum Gasteiger partial charge on any atom is 0.182 e. The fraction of sp³-hybridized carbons (Fsp3) is 0.0333. The number of aryl methyl sites for hydroxylation is 1. The normalized spacial score (nSPS) is 12.0. The number of benzene rings is 10. The molecule has 0 bridgehead atoms. The van der Waals surface area contributed by atoms with Crippen LogP contribution in [-0.2, 0) is 7.05 Å². The lowest BCUT2D eigenvalue weighted by molar-refractivity contribution is 0.922. The summed E-state index contributed by atoms with van der Waals surface area (Å²) in [4.78, 5) is 0. The van der Waals surface area contributed by atoms with Gasteiger partial charge in [0.1, 0.15) is 0 Å². The van der Waals surface area contributed by atoms with Crippen molar-refractivity contribution in [3.8, 4) is 11.1 Å². The van der Waals surface area contributed by atoms with Crippen molar-refractivity contribution in [1.29, 1.82) is 0 Å². The fourth-order valence-corrected chi connectivity index (χ4v) is 21.5. The summed E-state index contributed by atoms with van der Waals surface area (Å²) in [6, 6.07) is 93.7. The first kappa shape index (κ1) is 38.6. The van der Waals surface area contributed by atoms with E-state index in [0.29, 0.717) is 0 Å². The summed E-state index contributed by atoms with van der Waals surface area (Å²) >= 11 is 0. The van der Waals surface area contributed by atoms with E-state index < -0.39 is 16.1 Å². The molecular weight excluding hydrogens is 791 g/mol. The van der Waals surface area contributed by atoms with Crippen molar-refractivity contribution in [2.75, 3.05) is 0 Å². The van der Waals surface area contributed by atoms with Crippen LogP contribution >= 0.6 is 0 Å². The Morgan fingerprint density at radius 2 is 0.603 bits per heavy atom. The van der Waals surface area contributed by atoms with Gasteiger partial charge >= 0.3 is 0 Å². The van der Waals surface area contributed by atoms with Crippen LogP contribution in [0.25, 0.3) is 43.6 Å². The van der Waals surface area contributed by atoms with Gasteiger partial charge in [0.25, 0.3) is 0 Å². The lowest BCUT2D eigenvalue weighted by Gasteiger charge is -2.37. The quantitative estimate of drug-likeness (QED) is 0.0777. The van der Waals surface area contributed by atoms with Crippen LogP contribution in [0.2, 0.25) is 0 Å². The first-order valence-electron chi connectivity index (χ1n) is 22.0. The minimum atomic E-state index is -2.93. The molecule has 0 saturated heterocycles. The van der Waals surface area contributed by atoms with Gasteiger partial charge in [-0.25, -0.2) is 0 Å². The van der Waals surface area contributed by atoms with Crippen LogP contribution in [0.3, 0.4) is 0 Å². The summed E-state index contributed by atoms with van der Waals surface area (Å²) in [5.41, 5.74) is 5.06. The van der Waals surface area contributed by atoms with Crippen LogP contribution in [0.15, 0.2) is 249 Å². The van der Waals surface area contributed by atoms with E-state index >= 15 is 0 Å². The van der Waals surface area contributed by atoms with E-state index in [9.17, 15) is 0 Å². The zero-order valence-corrected chi connectivity index (χ0v) is 37.6.